The number of aliphatic hydroxyl groups excluding tert-OH is 2. The second-order valence-electron chi connectivity index (χ2n) is 33.6. The van der Waals surface area contributed by atoms with Gasteiger partial charge in [-0.2, -0.15) is 22.3 Å². The summed E-state index contributed by atoms with van der Waals surface area (Å²) in [5, 5.41) is 22.6. The predicted octanol–water partition coefficient (Wildman–Crippen LogP) is 28.5. The van der Waals surface area contributed by atoms with Crippen molar-refractivity contribution in [3.05, 3.63) is 481 Å². The van der Waals surface area contributed by atoms with Crippen molar-refractivity contribution in [1.82, 2.24) is 24.5 Å². The van der Waals surface area contributed by atoms with Crippen LogP contribution in [-0.4, -0.2) is 46.3 Å². The Morgan fingerprint density at radius 2 is 1.01 bits per heavy atom. The number of ketones is 2. The minimum absolute atomic E-state index is 0. The van der Waals surface area contributed by atoms with E-state index in [9.17, 15) is 22.8 Å². The van der Waals surface area contributed by atoms with E-state index < -0.39 is 11.7 Å². The van der Waals surface area contributed by atoms with Gasteiger partial charge >= 0.3 is 6.18 Å². The molecule has 0 spiro atoms. The van der Waals surface area contributed by atoms with Gasteiger partial charge in [-0.1, -0.05) is 207 Å². The summed E-state index contributed by atoms with van der Waals surface area (Å²) in [6, 6.07) is 131. The molecular weight excluding hydrogens is 2250 g/mol. The Bertz CT molecular complexity index is 7380. The molecule has 2 N–H and O–H groups in total. The van der Waals surface area contributed by atoms with Crippen LogP contribution >= 0.6 is 0 Å². The number of anilines is 3. The molecule has 0 fully saturated rings. The van der Waals surface area contributed by atoms with E-state index in [0.717, 1.165) is 81.3 Å². The van der Waals surface area contributed by atoms with Crippen molar-refractivity contribution in [2.45, 2.75) is 93.9 Å². The molecule has 695 valence electrons. The largest absolute Gasteiger partial charge is 0.512 e. The summed E-state index contributed by atoms with van der Waals surface area (Å²) in [6.45, 7) is 20.7. The van der Waals surface area contributed by atoms with Gasteiger partial charge in [0.25, 0.3) is 5.82 Å². The fourth-order valence-corrected chi connectivity index (χ4v) is 16.7. The van der Waals surface area contributed by atoms with Crippen molar-refractivity contribution in [2.24, 2.45) is 0 Å². The number of fused-ring (bicyclic) bond motifs is 10. The number of allylic oxidation sites excluding steroid dienone is 4. The summed E-state index contributed by atoms with van der Waals surface area (Å²) in [5.74, 6) is 1.14. The Morgan fingerprint density at radius 3 is 1.63 bits per heavy atom. The van der Waals surface area contributed by atoms with Crippen LogP contribution < -0.4 is 14.0 Å². The third-order valence-electron chi connectivity index (χ3n) is 23.1. The summed E-state index contributed by atoms with van der Waals surface area (Å²) in [4.78, 5) is 40.1. The summed E-state index contributed by atoms with van der Waals surface area (Å²) in [6.07, 6.45) is 8.12. The normalized spacial score (nSPS) is 11.7. The van der Waals surface area contributed by atoms with Gasteiger partial charge in [0, 0.05) is 131 Å². The summed E-state index contributed by atoms with van der Waals surface area (Å²) < 4.78 is 44.6. The first kappa shape index (κ1) is 103. The molecule has 0 saturated carbocycles. The van der Waals surface area contributed by atoms with Crippen LogP contribution in [-0.2, 0) is 94.6 Å². The first-order chi connectivity index (χ1) is 65.3. The molecule has 0 bridgehead atoms. The molecule has 13 aromatic carbocycles. The molecule has 2 aliphatic heterocycles. The van der Waals surface area contributed by atoms with Gasteiger partial charge in [-0.05, 0) is 206 Å². The fraction of sp³-hybridized carbons (Fsp3) is 0.117. The van der Waals surface area contributed by atoms with Crippen LogP contribution in [0.3, 0.4) is 0 Å². The number of halogens is 3. The number of carbonyl (C=O) groups excluding carboxylic acids is 2. The second-order valence-corrected chi connectivity index (χ2v) is 33.6. The minimum Gasteiger partial charge on any atom is -0.512 e. The Balaban J connectivity index is 0.000000146. The van der Waals surface area contributed by atoms with Gasteiger partial charge in [-0.25, -0.2) is 4.57 Å². The maximum Gasteiger partial charge on any atom is 0.381 e. The Morgan fingerprint density at radius 1 is 0.457 bits per heavy atom. The fourth-order valence-electron chi connectivity index (χ4n) is 16.7. The van der Waals surface area contributed by atoms with Gasteiger partial charge < -0.3 is 30.1 Å². The molecular formula is C120H101F3Ir3N8O4-2. The van der Waals surface area contributed by atoms with E-state index in [2.05, 4.69) is 328 Å². The number of rotatable bonds is 10. The molecule has 138 heavy (non-hydrogen) atoms. The average Bonchev–Trinajstić information content (AvgIpc) is 0.851. The summed E-state index contributed by atoms with van der Waals surface area (Å²) in [7, 11) is 0. The number of aromatic nitrogens is 7. The first-order valence-electron chi connectivity index (χ1n) is 44.5. The van der Waals surface area contributed by atoms with E-state index in [1.165, 1.54) is 157 Å². The standard InChI is InChI=1S/C25H23N2.C24H19N2.C18H14N.C16H9F3N.C15H10N.C12H10N.2C5H8O2.3Ir/c1-17-9-12-21(13-10-17)27-24(23-14-18(2)8-11-19(23)3)16-26-15-20-6-4-5-7-22(20)25(26)27;1-3-10-20(11-4-1)26(21-12-5-2-6-13-21)22-15-16-25-18-19-9-7-8-14-23(19)24(25)17-22;1-18(2)14-8-4-3-7-13(14)17-16-12(10-11-19-17)6-5-9-15(16)18;17-16(18,19)13-8-5-12(6-9-13)15-10-7-11-3-1-2-4-14(11)20-15;1-2-7-13(8-3-1)15-14-9-5-4-6-12(14)10-11-16-15;1-10-7-8-12(13-9-10)11-5-3-2-4-6-11;2*1-4(6)3-5(2)7;;;/h4-14,16H,15H2,1-3H3;1-17H,18H2;3-6,8-11H,1-2H3;1-5,7-10H;1-7,9-11H;2-5,7-9H,1H3;2*3,6H,1-2H3;;;/q2*+1;4*-1;;;;;. The third-order valence-corrected chi connectivity index (χ3v) is 23.1. The van der Waals surface area contributed by atoms with Crippen LogP contribution in [0.1, 0.15) is 91.6 Å². The van der Waals surface area contributed by atoms with Crippen LogP contribution in [0.25, 0.3) is 117 Å². The van der Waals surface area contributed by atoms with Crippen molar-refractivity contribution in [2.75, 3.05) is 4.90 Å². The van der Waals surface area contributed by atoms with Crippen LogP contribution in [0.15, 0.2) is 407 Å². The van der Waals surface area contributed by atoms with Crippen LogP contribution in [0, 0.1) is 52.0 Å². The molecule has 3 radical (unpaired) electrons. The number of pyridine rings is 5. The number of imidazole rings is 1. The topological polar surface area (TPSA) is 142 Å². The second kappa shape index (κ2) is 47.4. The molecule has 18 heteroatoms. The van der Waals surface area contributed by atoms with Gasteiger partial charge in [-0.15, -0.1) is 137 Å². The molecule has 0 atom stereocenters. The Labute approximate surface area is 845 Å². The number of benzene rings is 13. The SMILES string of the molecule is CC(=O)C=C(C)O.CC(=O)C=C(C)O.CC1(C)c2ccc[c-]c2-c2nccc3cccc1c23.Cc1ccc(-c2[c-]cccc2)nc1.Cc1ccc(-n2c(-c3cc(C)ccc3C)c[n+]3c2-c2ccccc2C3)cc1.FC(F)(F)c1c[c-]c(-c2ccc3ccccc3n2)cc1.[Ir].[Ir].[Ir].[c-]1ccccc1-c1nccc2ccccc12.c1ccc(N(c2ccccc2)c2cc[n+]3c(c2)-c2ccccc2C3)cc1. The van der Waals surface area contributed by atoms with Gasteiger partial charge in [-0.3, -0.25) is 14.6 Å². The molecule has 0 saturated heterocycles. The Kier molecular flexibility index (Phi) is 35.2. The molecule has 22 rings (SSSR count). The van der Waals surface area contributed by atoms with Crippen LogP contribution in [0.4, 0.5) is 30.2 Å². The molecule has 1 aliphatic carbocycles. The summed E-state index contributed by atoms with van der Waals surface area (Å²) in [5.41, 5.74) is 29.2. The van der Waals surface area contributed by atoms with E-state index in [0.29, 0.717) is 11.3 Å². The number of carbonyl (C=O) groups is 2. The monoisotopic (exact) mass is 2350 g/mol. The summed E-state index contributed by atoms with van der Waals surface area (Å²) >= 11 is 0. The average molecular weight is 2350 g/mol. The van der Waals surface area contributed by atoms with Crippen LogP contribution in [0.5, 0.6) is 0 Å². The molecule has 3 aliphatic rings. The number of para-hydroxylation sites is 3. The predicted molar refractivity (Wildman–Crippen MR) is 539 cm³/mol. The minimum atomic E-state index is -4.34. The zero-order valence-electron chi connectivity index (χ0n) is 77.9. The number of hydrogen-bond acceptors (Lipinski definition) is 9. The smallest absolute Gasteiger partial charge is 0.381 e. The number of aryl methyl sites for hydroxylation is 4. The maximum atomic E-state index is 12.5. The third kappa shape index (κ3) is 25.1. The van der Waals surface area contributed by atoms with Crippen molar-refractivity contribution in [3.63, 3.8) is 0 Å². The van der Waals surface area contributed by atoms with Gasteiger partial charge in [0.1, 0.15) is 18.4 Å². The molecule has 0 unspecified atom stereocenters. The van der Waals surface area contributed by atoms with Crippen molar-refractivity contribution >= 4 is 61.1 Å². The van der Waals surface area contributed by atoms with Gasteiger partial charge in [0.15, 0.2) is 30.0 Å². The first-order valence-corrected chi connectivity index (χ1v) is 44.5. The van der Waals surface area contributed by atoms with E-state index in [-0.39, 0.29) is 88.8 Å². The number of hydrogen-bond donors (Lipinski definition) is 2. The molecule has 6 aromatic heterocycles. The quantitative estimate of drug-likeness (QED) is 0.0592. The van der Waals surface area contributed by atoms with E-state index in [1.807, 2.05) is 135 Å². The number of aliphatic hydroxyl groups is 2. The number of alkyl halides is 3. The zero-order valence-corrected chi connectivity index (χ0v) is 85.0. The van der Waals surface area contributed by atoms with Gasteiger partial charge in [0.2, 0.25) is 5.69 Å². The van der Waals surface area contributed by atoms with Crippen molar-refractivity contribution < 1.29 is 102 Å². The molecule has 19 aromatic rings. The van der Waals surface area contributed by atoms with E-state index >= 15 is 0 Å². The molecule has 0 amide bonds. The van der Waals surface area contributed by atoms with E-state index in [1.54, 1.807) is 6.07 Å². The van der Waals surface area contributed by atoms with Gasteiger partial charge in [0.05, 0.1) is 33.8 Å². The zero-order chi connectivity index (χ0) is 94.7. The number of nitrogens with zero attached hydrogens (tertiary/aromatic N) is 8. The van der Waals surface area contributed by atoms with Crippen molar-refractivity contribution in [1.29, 1.82) is 0 Å². The van der Waals surface area contributed by atoms with Crippen LogP contribution in [0.2, 0.25) is 0 Å². The van der Waals surface area contributed by atoms with E-state index in [4.69, 9.17) is 10.2 Å². The maximum absolute atomic E-state index is 12.5. The molecule has 12 nitrogen and oxygen atoms in total. The molecule has 8 heterocycles. The van der Waals surface area contributed by atoms with Crippen molar-refractivity contribution in [3.8, 4) is 84.6 Å². The Hall–Kier alpha value is -14.4.